The molecule has 2 N–H and O–H groups in total. The molecule has 5 heteroatoms. The van der Waals surface area contributed by atoms with E-state index in [4.69, 9.17) is 9.88 Å². The topological polar surface area (TPSA) is 69.4 Å². The first-order valence-electron chi connectivity index (χ1n) is 4.73. The molecule has 0 aliphatic carbocycles. The number of primary sulfonamides is 1. The van der Waals surface area contributed by atoms with E-state index in [0.29, 0.717) is 17.9 Å². The maximum Gasteiger partial charge on any atom is 0.216 e. The van der Waals surface area contributed by atoms with Crippen LogP contribution in [0.4, 0.5) is 0 Å². The van der Waals surface area contributed by atoms with E-state index in [-0.39, 0.29) is 5.92 Å². The summed E-state index contributed by atoms with van der Waals surface area (Å²) >= 11 is 0. The van der Waals surface area contributed by atoms with Crippen LogP contribution in [0.1, 0.15) is 17.7 Å². The Balaban J connectivity index is 2.56. The molecule has 1 aromatic rings. The van der Waals surface area contributed by atoms with E-state index in [9.17, 15) is 8.42 Å². The van der Waals surface area contributed by atoms with Gasteiger partial charge in [-0.3, -0.25) is 0 Å². The number of nitrogens with two attached hydrogens (primary N) is 1. The molecule has 2 unspecified atom stereocenters. The van der Waals surface area contributed by atoms with Gasteiger partial charge in [-0.25, -0.2) is 13.6 Å². The number of rotatable bonds is 1. The lowest BCUT2D eigenvalue weighted by atomic mass is 9.98. The Bertz CT molecular complexity index is 469. The molecule has 1 heterocycles. The van der Waals surface area contributed by atoms with E-state index in [1.807, 2.05) is 13.0 Å². The fraction of sp³-hybridized carbons (Fsp3) is 0.400. The summed E-state index contributed by atoms with van der Waals surface area (Å²) in [6, 6.07) is 7.12. The smallest absolute Gasteiger partial charge is 0.216 e. The van der Waals surface area contributed by atoms with E-state index >= 15 is 0 Å². The number of ether oxygens (including phenoxy) is 1. The van der Waals surface area contributed by atoms with Crippen molar-refractivity contribution in [1.82, 2.24) is 0 Å². The lowest BCUT2D eigenvalue weighted by Gasteiger charge is -2.29. The Morgan fingerprint density at radius 1 is 1.40 bits per heavy atom. The van der Waals surface area contributed by atoms with E-state index in [1.54, 1.807) is 18.2 Å². The van der Waals surface area contributed by atoms with Gasteiger partial charge in [-0.15, -0.1) is 0 Å². The minimum absolute atomic E-state index is 0.116. The summed E-state index contributed by atoms with van der Waals surface area (Å²) in [4.78, 5) is 0. The minimum atomic E-state index is -3.57. The van der Waals surface area contributed by atoms with Gasteiger partial charge in [-0.1, -0.05) is 25.1 Å². The quantitative estimate of drug-likeness (QED) is 0.779. The van der Waals surface area contributed by atoms with Crippen molar-refractivity contribution in [3.63, 3.8) is 0 Å². The average molecular weight is 227 g/mol. The number of benzene rings is 1. The van der Waals surface area contributed by atoms with Crippen LogP contribution in [-0.2, 0) is 10.0 Å². The Hall–Kier alpha value is -1.07. The van der Waals surface area contributed by atoms with Crippen molar-refractivity contribution >= 4 is 10.0 Å². The summed E-state index contributed by atoms with van der Waals surface area (Å²) in [7, 11) is -3.57. The van der Waals surface area contributed by atoms with Crippen LogP contribution < -0.4 is 9.88 Å². The molecule has 0 saturated carbocycles. The second kappa shape index (κ2) is 3.50. The molecule has 82 valence electrons. The molecule has 0 aromatic heterocycles. The van der Waals surface area contributed by atoms with Crippen LogP contribution in [0.5, 0.6) is 5.75 Å². The highest BCUT2D eigenvalue weighted by Crippen LogP contribution is 2.38. The third kappa shape index (κ3) is 1.85. The van der Waals surface area contributed by atoms with Crippen LogP contribution in [-0.4, -0.2) is 15.0 Å². The molecular weight excluding hydrogens is 214 g/mol. The number of para-hydroxylation sites is 1. The highest BCUT2D eigenvalue weighted by molar-refractivity contribution is 7.89. The minimum Gasteiger partial charge on any atom is -0.493 e. The van der Waals surface area contributed by atoms with Gasteiger partial charge < -0.3 is 4.74 Å². The molecule has 2 atom stereocenters. The van der Waals surface area contributed by atoms with E-state index in [1.165, 1.54) is 0 Å². The van der Waals surface area contributed by atoms with Crippen molar-refractivity contribution < 1.29 is 13.2 Å². The average Bonchev–Trinajstić information content (AvgIpc) is 2.15. The van der Waals surface area contributed by atoms with E-state index in [2.05, 4.69) is 0 Å². The Kier molecular flexibility index (Phi) is 2.44. The van der Waals surface area contributed by atoms with Crippen LogP contribution in [0.3, 0.4) is 0 Å². The van der Waals surface area contributed by atoms with Gasteiger partial charge in [0.15, 0.2) is 0 Å². The molecule has 0 radical (unpaired) electrons. The first kappa shape index (κ1) is 10.4. The molecule has 15 heavy (non-hydrogen) atoms. The Morgan fingerprint density at radius 3 is 2.73 bits per heavy atom. The molecule has 0 spiro atoms. The zero-order valence-electron chi connectivity index (χ0n) is 8.38. The highest BCUT2D eigenvalue weighted by Gasteiger charge is 2.35. The second-order valence-corrected chi connectivity index (χ2v) is 5.52. The molecule has 1 aliphatic rings. The summed E-state index contributed by atoms with van der Waals surface area (Å²) in [5.74, 6) is 0.504. The summed E-state index contributed by atoms with van der Waals surface area (Å²) in [5, 5.41) is 4.58. The van der Waals surface area contributed by atoms with Crippen LogP contribution in [0.15, 0.2) is 24.3 Å². The Labute approximate surface area is 89.1 Å². The summed E-state index contributed by atoms with van der Waals surface area (Å²) in [6.07, 6.45) is 0. The summed E-state index contributed by atoms with van der Waals surface area (Å²) in [6.45, 7) is 2.21. The molecule has 0 saturated heterocycles. The van der Waals surface area contributed by atoms with Gasteiger partial charge in [0.2, 0.25) is 10.0 Å². The number of hydrogen-bond acceptors (Lipinski definition) is 3. The normalized spacial score (nSPS) is 25.5. The van der Waals surface area contributed by atoms with Crippen molar-refractivity contribution in [3.8, 4) is 5.75 Å². The molecule has 1 aliphatic heterocycles. The van der Waals surface area contributed by atoms with Gasteiger partial charge >= 0.3 is 0 Å². The fourth-order valence-corrected chi connectivity index (χ4v) is 3.24. The standard InChI is InChI=1S/C10H13NO3S/c1-7-6-14-9-5-3-2-4-8(9)10(7)15(11,12)13/h2-5,7,10H,6H2,1H3,(H2,11,12,13). The second-order valence-electron chi connectivity index (χ2n) is 3.84. The van der Waals surface area contributed by atoms with Crippen LogP contribution in [0, 0.1) is 5.92 Å². The third-order valence-corrected chi connectivity index (χ3v) is 4.02. The van der Waals surface area contributed by atoms with Gasteiger partial charge in [0.05, 0.1) is 6.61 Å². The van der Waals surface area contributed by atoms with Crippen molar-refractivity contribution in [3.05, 3.63) is 29.8 Å². The van der Waals surface area contributed by atoms with Crippen molar-refractivity contribution in [2.45, 2.75) is 12.2 Å². The summed E-state index contributed by atoms with van der Waals surface area (Å²) in [5.41, 5.74) is 0.666. The summed E-state index contributed by atoms with van der Waals surface area (Å²) < 4.78 is 28.4. The van der Waals surface area contributed by atoms with Crippen molar-refractivity contribution in [2.75, 3.05) is 6.61 Å². The van der Waals surface area contributed by atoms with Crippen molar-refractivity contribution in [1.29, 1.82) is 0 Å². The SMILES string of the molecule is CC1COc2ccccc2C1S(N)(=O)=O. The number of sulfonamides is 1. The fourth-order valence-electron chi connectivity index (χ4n) is 1.96. The zero-order chi connectivity index (χ0) is 11.1. The van der Waals surface area contributed by atoms with E-state index < -0.39 is 15.3 Å². The van der Waals surface area contributed by atoms with Crippen molar-refractivity contribution in [2.24, 2.45) is 11.1 Å². The Morgan fingerprint density at radius 2 is 2.07 bits per heavy atom. The van der Waals surface area contributed by atoms with Gasteiger partial charge in [0.1, 0.15) is 11.0 Å². The molecule has 0 bridgehead atoms. The van der Waals surface area contributed by atoms with Crippen LogP contribution in [0.25, 0.3) is 0 Å². The number of fused-ring (bicyclic) bond motifs is 1. The maximum atomic E-state index is 11.5. The first-order chi connectivity index (χ1) is 7.00. The predicted molar refractivity (Wildman–Crippen MR) is 56.9 cm³/mol. The molecular formula is C10H13NO3S. The molecule has 1 aromatic carbocycles. The number of hydrogen-bond donors (Lipinski definition) is 1. The van der Waals surface area contributed by atoms with Gasteiger partial charge in [-0.2, -0.15) is 0 Å². The van der Waals surface area contributed by atoms with Gasteiger partial charge in [0, 0.05) is 11.5 Å². The predicted octanol–water partition coefficient (Wildman–Crippen LogP) is 1.04. The molecule has 4 nitrogen and oxygen atoms in total. The maximum absolute atomic E-state index is 11.5. The lowest BCUT2D eigenvalue weighted by molar-refractivity contribution is 0.227. The molecule has 0 fully saturated rings. The van der Waals surface area contributed by atoms with Crippen LogP contribution in [0.2, 0.25) is 0 Å². The third-order valence-electron chi connectivity index (χ3n) is 2.60. The monoisotopic (exact) mass is 227 g/mol. The van der Waals surface area contributed by atoms with Crippen LogP contribution >= 0.6 is 0 Å². The molecule has 0 amide bonds. The highest BCUT2D eigenvalue weighted by atomic mass is 32.2. The zero-order valence-corrected chi connectivity index (χ0v) is 9.20. The lowest BCUT2D eigenvalue weighted by Crippen LogP contribution is -2.33. The van der Waals surface area contributed by atoms with Gasteiger partial charge in [-0.05, 0) is 6.07 Å². The van der Waals surface area contributed by atoms with Gasteiger partial charge in [0.25, 0.3) is 0 Å². The van der Waals surface area contributed by atoms with E-state index in [0.717, 1.165) is 0 Å². The largest absolute Gasteiger partial charge is 0.493 e. The molecule has 2 rings (SSSR count). The first-order valence-corrected chi connectivity index (χ1v) is 6.34.